The Kier molecular flexibility index (Phi) is 5.98. The predicted molar refractivity (Wildman–Crippen MR) is 113 cm³/mol. The summed E-state index contributed by atoms with van der Waals surface area (Å²) >= 11 is 1.55. The zero-order valence-corrected chi connectivity index (χ0v) is 16.7. The van der Waals surface area contributed by atoms with Crippen molar-refractivity contribution in [1.29, 1.82) is 0 Å². The minimum absolute atomic E-state index is 0. The molecule has 27 heavy (non-hydrogen) atoms. The Morgan fingerprint density at radius 1 is 1.04 bits per heavy atom. The third kappa shape index (κ3) is 3.91. The molecule has 140 valence electrons. The first-order chi connectivity index (χ1) is 12.8. The Morgan fingerprint density at radius 3 is 2.52 bits per heavy atom. The molecule has 1 aromatic heterocycles. The fourth-order valence-electron chi connectivity index (χ4n) is 3.08. The van der Waals surface area contributed by atoms with E-state index in [-0.39, 0.29) is 12.4 Å². The molecule has 1 heterocycles. The van der Waals surface area contributed by atoms with Crippen LogP contribution in [0.1, 0.15) is 17.5 Å². The summed E-state index contributed by atoms with van der Waals surface area (Å²) in [5.41, 5.74) is 8.51. The lowest BCUT2D eigenvalue weighted by Crippen LogP contribution is -2.01. The first-order valence-corrected chi connectivity index (χ1v) is 9.25. The standard InChI is InChI=1S/C20H19N3O2S.ClH/c1-24-18-10-14-8-9-16(15(14)11-19(18)25-2)22-23-20-21-17(12-26-20)13-6-4-3-5-7-13;/h3-7,10-12H,8-9H2,1-2H3,(H,21,23);1H/b22-16+;. The second-order valence-corrected chi connectivity index (χ2v) is 6.80. The van der Waals surface area contributed by atoms with Gasteiger partial charge in [-0.15, -0.1) is 23.7 Å². The Labute approximate surface area is 168 Å². The van der Waals surface area contributed by atoms with Gasteiger partial charge in [-0.1, -0.05) is 30.3 Å². The van der Waals surface area contributed by atoms with Crippen LogP contribution in [0.2, 0.25) is 0 Å². The smallest absolute Gasteiger partial charge is 0.203 e. The topological polar surface area (TPSA) is 55.7 Å². The van der Waals surface area contributed by atoms with Crippen LogP contribution in [0.3, 0.4) is 0 Å². The van der Waals surface area contributed by atoms with Crippen molar-refractivity contribution < 1.29 is 9.47 Å². The Balaban J connectivity index is 0.00000210. The zero-order chi connectivity index (χ0) is 17.9. The van der Waals surface area contributed by atoms with Gasteiger partial charge in [0.15, 0.2) is 11.5 Å². The van der Waals surface area contributed by atoms with E-state index in [1.54, 1.807) is 25.6 Å². The highest BCUT2D eigenvalue weighted by molar-refractivity contribution is 7.14. The number of anilines is 1. The monoisotopic (exact) mass is 401 g/mol. The summed E-state index contributed by atoms with van der Waals surface area (Å²) in [7, 11) is 3.30. The molecule has 1 aliphatic carbocycles. The van der Waals surface area contributed by atoms with Gasteiger partial charge in [0.25, 0.3) is 0 Å². The molecule has 1 aliphatic rings. The lowest BCUT2D eigenvalue weighted by molar-refractivity contribution is 0.354. The summed E-state index contributed by atoms with van der Waals surface area (Å²) in [5, 5.41) is 7.41. The van der Waals surface area contributed by atoms with Crippen molar-refractivity contribution in [1.82, 2.24) is 4.98 Å². The first-order valence-electron chi connectivity index (χ1n) is 8.37. The van der Waals surface area contributed by atoms with Gasteiger partial charge in [-0.25, -0.2) is 4.98 Å². The van der Waals surface area contributed by atoms with Gasteiger partial charge in [0.1, 0.15) is 0 Å². The maximum atomic E-state index is 5.41. The molecule has 0 bridgehead atoms. The number of hydrogen-bond donors (Lipinski definition) is 1. The summed E-state index contributed by atoms with van der Waals surface area (Å²) in [6.07, 6.45) is 1.83. The number of halogens is 1. The average Bonchev–Trinajstić information content (AvgIpc) is 3.32. The van der Waals surface area contributed by atoms with E-state index in [0.29, 0.717) is 0 Å². The third-order valence-corrected chi connectivity index (χ3v) is 5.16. The summed E-state index contributed by atoms with van der Waals surface area (Å²) in [5.74, 6) is 1.48. The number of aromatic nitrogens is 1. The van der Waals surface area contributed by atoms with Crippen molar-refractivity contribution in [3.63, 3.8) is 0 Å². The van der Waals surface area contributed by atoms with Gasteiger partial charge >= 0.3 is 0 Å². The summed E-state index contributed by atoms with van der Waals surface area (Å²) < 4.78 is 10.8. The molecule has 0 radical (unpaired) electrons. The maximum Gasteiger partial charge on any atom is 0.203 e. The Morgan fingerprint density at radius 2 is 1.78 bits per heavy atom. The molecule has 0 aliphatic heterocycles. The fraction of sp³-hybridized carbons (Fsp3) is 0.200. The number of nitrogens with zero attached hydrogens (tertiary/aromatic N) is 2. The molecule has 2 aromatic carbocycles. The lowest BCUT2D eigenvalue weighted by Gasteiger charge is -2.10. The van der Waals surface area contributed by atoms with E-state index < -0.39 is 0 Å². The molecule has 0 saturated heterocycles. The summed E-state index contributed by atoms with van der Waals surface area (Å²) in [4.78, 5) is 4.61. The molecule has 1 N–H and O–H groups in total. The molecule has 5 nitrogen and oxygen atoms in total. The van der Waals surface area contributed by atoms with Crippen molar-refractivity contribution in [2.24, 2.45) is 5.10 Å². The number of methoxy groups -OCH3 is 2. The average molecular weight is 402 g/mol. The van der Waals surface area contributed by atoms with Crippen LogP contribution >= 0.6 is 23.7 Å². The Bertz CT molecular complexity index is 957. The van der Waals surface area contributed by atoms with Crippen LogP contribution in [0.15, 0.2) is 52.9 Å². The van der Waals surface area contributed by atoms with E-state index in [1.165, 1.54) is 5.56 Å². The predicted octanol–water partition coefficient (Wildman–Crippen LogP) is 5.01. The molecule has 4 rings (SSSR count). The van der Waals surface area contributed by atoms with Gasteiger partial charge in [0, 0.05) is 16.5 Å². The van der Waals surface area contributed by atoms with E-state index in [9.17, 15) is 0 Å². The third-order valence-electron chi connectivity index (χ3n) is 4.41. The summed E-state index contributed by atoms with van der Waals surface area (Å²) in [6.45, 7) is 0. The molecule has 0 atom stereocenters. The number of hydrazone groups is 1. The minimum Gasteiger partial charge on any atom is -0.493 e. The van der Waals surface area contributed by atoms with Crippen molar-refractivity contribution in [2.45, 2.75) is 12.8 Å². The highest BCUT2D eigenvalue weighted by Crippen LogP contribution is 2.35. The number of nitrogens with one attached hydrogen (secondary N) is 1. The molecular formula is C20H20ClN3O2S. The molecule has 7 heteroatoms. The highest BCUT2D eigenvalue weighted by atomic mass is 35.5. The van der Waals surface area contributed by atoms with E-state index in [2.05, 4.69) is 27.6 Å². The van der Waals surface area contributed by atoms with Gasteiger partial charge in [-0.3, -0.25) is 5.43 Å². The van der Waals surface area contributed by atoms with E-state index in [4.69, 9.17) is 9.47 Å². The normalized spacial score (nSPS) is 13.8. The van der Waals surface area contributed by atoms with Gasteiger partial charge in [0.05, 0.1) is 25.6 Å². The lowest BCUT2D eigenvalue weighted by atomic mass is 10.1. The number of thiazole rings is 1. The first kappa shape index (κ1) is 19.2. The second-order valence-electron chi connectivity index (χ2n) is 5.94. The summed E-state index contributed by atoms with van der Waals surface area (Å²) in [6, 6.07) is 14.2. The van der Waals surface area contributed by atoms with Crippen LogP contribution in [0.4, 0.5) is 5.13 Å². The maximum absolute atomic E-state index is 5.41. The second kappa shape index (κ2) is 8.41. The number of aryl methyl sites for hydroxylation is 1. The number of ether oxygens (including phenoxy) is 2. The number of hydrogen-bond acceptors (Lipinski definition) is 6. The SMILES string of the molecule is COc1cc2c(cc1OC)/C(=N/Nc1nc(-c3ccccc3)cs1)CC2.Cl. The van der Waals surface area contributed by atoms with Crippen LogP contribution in [0, 0.1) is 0 Å². The van der Waals surface area contributed by atoms with Crippen molar-refractivity contribution >= 4 is 34.6 Å². The molecule has 0 fully saturated rings. The fourth-order valence-corrected chi connectivity index (χ4v) is 3.74. The van der Waals surface area contributed by atoms with Crippen molar-refractivity contribution in [2.75, 3.05) is 19.6 Å². The van der Waals surface area contributed by atoms with E-state index in [1.807, 2.05) is 35.7 Å². The molecular weight excluding hydrogens is 382 g/mol. The van der Waals surface area contributed by atoms with Gasteiger partial charge in [0.2, 0.25) is 5.13 Å². The number of benzene rings is 2. The molecule has 0 amide bonds. The van der Waals surface area contributed by atoms with Crippen LogP contribution < -0.4 is 14.9 Å². The minimum atomic E-state index is 0. The highest BCUT2D eigenvalue weighted by Gasteiger charge is 2.21. The van der Waals surface area contributed by atoms with Gasteiger partial charge < -0.3 is 9.47 Å². The zero-order valence-electron chi connectivity index (χ0n) is 15.1. The quantitative estimate of drug-likeness (QED) is 0.610. The van der Waals surface area contributed by atoms with Crippen LogP contribution in [0.5, 0.6) is 11.5 Å². The van der Waals surface area contributed by atoms with Crippen molar-refractivity contribution in [3.8, 4) is 22.8 Å². The largest absolute Gasteiger partial charge is 0.493 e. The Hall–Kier alpha value is -2.57. The van der Waals surface area contributed by atoms with Gasteiger partial charge in [-0.2, -0.15) is 5.10 Å². The molecule has 0 saturated carbocycles. The van der Waals surface area contributed by atoms with E-state index >= 15 is 0 Å². The van der Waals surface area contributed by atoms with Crippen LogP contribution in [0.25, 0.3) is 11.3 Å². The molecule has 0 unspecified atom stereocenters. The van der Waals surface area contributed by atoms with E-state index in [0.717, 1.165) is 52.0 Å². The van der Waals surface area contributed by atoms with Crippen LogP contribution in [-0.2, 0) is 6.42 Å². The number of fused-ring (bicyclic) bond motifs is 1. The van der Waals surface area contributed by atoms with Crippen molar-refractivity contribution in [3.05, 3.63) is 59.0 Å². The molecule has 0 spiro atoms. The van der Waals surface area contributed by atoms with Crippen LogP contribution in [-0.4, -0.2) is 24.9 Å². The molecule has 3 aromatic rings. The number of rotatable bonds is 5. The van der Waals surface area contributed by atoms with Gasteiger partial charge in [-0.05, 0) is 30.5 Å².